The van der Waals surface area contributed by atoms with E-state index in [9.17, 15) is 15.3 Å². The van der Waals surface area contributed by atoms with E-state index < -0.39 is 24.4 Å². The SMILES string of the molecule is CCCCC/C=C/CCOC[C@H](O)[C@H]1OC[C@@H](O)[C@H]1O. The van der Waals surface area contributed by atoms with Crippen LogP contribution in [0.15, 0.2) is 12.2 Å². The van der Waals surface area contributed by atoms with E-state index in [4.69, 9.17) is 9.47 Å². The van der Waals surface area contributed by atoms with Crippen LogP contribution in [0.1, 0.15) is 39.0 Å². The Kier molecular flexibility index (Phi) is 9.05. The maximum atomic E-state index is 9.80. The van der Waals surface area contributed by atoms with Crippen molar-refractivity contribution in [3.63, 3.8) is 0 Å². The summed E-state index contributed by atoms with van der Waals surface area (Å²) in [5.41, 5.74) is 0. The highest BCUT2D eigenvalue weighted by atomic mass is 16.5. The summed E-state index contributed by atoms with van der Waals surface area (Å²) in [5, 5.41) is 28.7. The molecular weight excluding hydrogens is 260 g/mol. The van der Waals surface area contributed by atoms with Crippen molar-refractivity contribution in [2.75, 3.05) is 19.8 Å². The van der Waals surface area contributed by atoms with Crippen LogP contribution >= 0.6 is 0 Å². The number of hydrogen-bond acceptors (Lipinski definition) is 5. The first-order chi connectivity index (χ1) is 9.66. The minimum absolute atomic E-state index is 0.0589. The molecule has 0 aromatic carbocycles. The molecule has 118 valence electrons. The molecule has 0 aliphatic carbocycles. The van der Waals surface area contributed by atoms with Gasteiger partial charge in [-0.25, -0.2) is 0 Å². The molecule has 5 heteroatoms. The Labute approximate surface area is 121 Å². The van der Waals surface area contributed by atoms with Gasteiger partial charge in [-0.05, 0) is 19.3 Å². The van der Waals surface area contributed by atoms with Crippen molar-refractivity contribution < 1.29 is 24.8 Å². The van der Waals surface area contributed by atoms with E-state index in [1.807, 2.05) is 0 Å². The molecular formula is C15H28O5. The van der Waals surface area contributed by atoms with Gasteiger partial charge in [0.2, 0.25) is 0 Å². The number of aliphatic hydroxyl groups is 3. The molecule has 0 saturated carbocycles. The number of unbranched alkanes of at least 4 members (excludes halogenated alkanes) is 3. The molecule has 1 rings (SSSR count). The molecule has 5 nitrogen and oxygen atoms in total. The first-order valence-corrected chi connectivity index (χ1v) is 7.55. The highest BCUT2D eigenvalue weighted by Gasteiger charge is 2.39. The summed E-state index contributed by atoms with van der Waals surface area (Å²) >= 11 is 0. The van der Waals surface area contributed by atoms with Crippen LogP contribution in [-0.2, 0) is 9.47 Å². The van der Waals surface area contributed by atoms with Crippen LogP contribution in [0.3, 0.4) is 0 Å². The second-order valence-corrected chi connectivity index (χ2v) is 5.25. The van der Waals surface area contributed by atoms with Crippen molar-refractivity contribution in [2.24, 2.45) is 0 Å². The van der Waals surface area contributed by atoms with E-state index in [-0.39, 0.29) is 13.2 Å². The van der Waals surface area contributed by atoms with Crippen LogP contribution in [0.2, 0.25) is 0 Å². The van der Waals surface area contributed by atoms with Gasteiger partial charge >= 0.3 is 0 Å². The molecule has 0 spiro atoms. The van der Waals surface area contributed by atoms with Crippen LogP contribution in [0.4, 0.5) is 0 Å². The second kappa shape index (κ2) is 10.3. The third-order valence-corrected chi connectivity index (χ3v) is 3.43. The Morgan fingerprint density at radius 2 is 2.00 bits per heavy atom. The van der Waals surface area contributed by atoms with E-state index in [2.05, 4.69) is 19.1 Å². The number of rotatable bonds is 10. The lowest BCUT2D eigenvalue weighted by Gasteiger charge is -2.20. The fourth-order valence-electron chi connectivity index (χ4n) is 2.16. The normalized spacial score (nSPS) is 28.3. The minimum atomic E-state index is -1.04. The summed E-state index contributed by atoms with van der Waals surface area (Å²) in [7, 11) is 0. The van der Waals surface area contributed by atoms with Gasteiger partial charge in [-0.2, -0.15) is 0 Å². The van der Waals surface area contributed by atoms with Gasteiger partial charge in [-0.15, -0.1) is 0 Å². The Morgan fingerprint density at radius 3 is 2.65 bits per heavy atom. The zero-order valence-electron chi connectivity index (χ0n) is 12.3. The van der Waals surface area contributed by atoms with E-state index in [0.717, 1.165) is 12.8 Å². The summed E-state index contributed by atoms with van der Waals surface area (Å²) in [6.07, 6.45) is 6.29. The molecule has 4 atom stereocenters. The number of allylic oxidation sites excluding steroid dienone is 1. The molecule has 1 fully saturated rings. The summed E-state index contributed by atoms with van der Waals surface area (Å²) in [6, 6.07) is 0. The molecule has 1 saturated heterocycles. The molecule has 20 heavy (non-hydrogen) atoms. The van der Waals surface area contributed by atoms with Crippen molar-refractivity contribution >= 4 is 0 Å². The van der Waals surface area contributed by atoms with Crippen LogP contribution in [0, 0.1) is 0 Å². The van der Waals surface area contributed by atoms with Crippen molar-refractivity contribution in [3.05, 3.63) is 12.2 Å². The lowest BCUT2D eigenvalue weighted by atomic mass is 10.1. The predicted molar refractivity (Wildman–Crippen MR) is 76.5 cm³/mol. The smallest absolute Gasteiger partial charge is 0.114 e. The summed E-state index contributed by atoms with van der Waals surface area (Å²) < 4.78 is 10.5. The third-order valence-electron chi connectivity index (χ3n) is 3.43. The Hall–Kier alpha value is -0.460. The largest absolute Gasteiger partial charge is 0.388 e. The van der Waals surface area contributed by atoms with Gasteiger partial charge in [0, 0.05) is 0 Å². The first kappa shape index (κ1) is 17.6. The fourth-order valence-corrected chi connectivity index (χ4v) is 2.16. The van der Waals surface area contributed by atoms with Gasteiger partial charge in [0.15, 0.2) is 0 Å². The Morgan fingerprint density at radius 1 is 1.25 bits per heavy atom. The standard InChI is InChI=1S/C15H28O5/c1-2-3-4-5-6-7-8-9-19-10-13(17)15-14(18)12(16)11-20-15/h6-7,12-18H,2-5,8-11H2,1H3/b7-6+/t12-,13+,14-,15-/m1/s1. The van der Waals surface area contributed by atoms with Crippen molar-refractivity contribution in [1.29, 1.82) is 0 Å². The van der Waals surface area contributed by atoms with E-state index >= 15 is 0 Å². The summed E-state index contributed by atoms with van der Waals surface area (Å²) in [4.78, 5) is 0. The van der Waals surface area contributed by atoms with Crippen molar-refractivity contribution in [1.82, 2.24) is 0 Å². The fraction of sp³-hybridized carbons (Fsp3) is 0.867. The zero-order chi connectivity index (χ0) is 14.8. The molecule has 0 radical (unpaired) electrons. The molecule has 0 aromatic heterocycles. The van der Waals surface area contributed by atoms with Gasteiger partial charge in [-0.1, -0.05) is 31.9 Å². The van der Waals surface area contributed by atoms with Gasteiger partial charge < -0.3 is 24.8 Å². The zero-order valence-corrected chi connectivity index (χ0v) is 12.3. The summed E-state index contributed by atoms with van der Waals surface area (Å²) in [6.45, 7) is 2.89. The lowest BCUT2D eigenvalue weighted by molar-refractivity contribution is -0.0806. The molecule has 0 amide bonds. The second-order valence-electron chi connectivity index (χ2n) is 5.25. The number of aliphatic hydroxyl groups excluding tert-OH is 3. The van der Waals surface area contributed by atoms with E-state index in [0.29, 0.717) is 6.61 Å². The van der Waals surface area contributed by atoms with Crippen LogP contribution in [0.5, 0.6) is 0 Å². The van der Waals surface area contributed by atoms with Gasteiger partial charge in [-0.3, -0.25) is 0 Å². The average molecular weight is 288 g/mol. The molecule has 0 aromatic rings. The molecule has 1 aliphatic rings. The van der Waals surface area contributed by atoms with E-state index in [1.54, 1.807) is 0 Å². The lowest BCUT2D eigenvalue weighted by Crippen LogP contribution is -2.40. The van der Waals surface area contributed by atoms with Crippen molar-refractivity contribution in [2.45, 2.75) is 63.4 Å². The maximum Gasteiger partial charge on any atom is 0.114 e. The maximum absolute atomic E-state index is 9.80. The highest BCUT2D eigenvalue weighted by molar-refractivity contribution is 4.88. The molecule has 1 aliphatic heterocycles. The molecule has 1 heterocycles. The first-order valence-electron chi connectivity index (χ1n) is 7.55. The third kappa shape index (κ3) is 6.33. The van der Waals surface area contributed by atoms with Crippen LogP contribution in [0.25, 0.3) is 0 Å². The highest BCUT2D eigenvalue weighted by Crippen LogP contribution is 2.17. The Bertz CT molecular complexity index is 269. The monoisotopic (exact) mass is 288 g/mol. The molecule has 0 unspecified atom stereocenters. The quantitative estimate of drug-likeness (QED) is 0.413. The average Bonchev–Trinajstić information content (AvgIpc) is 2.77. The molecule has 0 bridgehead atoms. The van der Waals surface area contributed by atoms with Gasteiger partial charge in [0.25, 0.3) is 0 Å². The summed E-state index contributed by atoms with van der Waals surface area (Å²) in [5.74, 6) is 0. The number of hydrogen-bond donors (Lipinski definition) is 3. The Balaban J connectivity index is 2.01. The van der Waals surface area contributed by atoms with Crippen LogP contribution < -0.4 is 0 Å². The molecule has 3 N–H and O–H groups in total. The predicted octanol–water partition coefficient (Wildman–Crippen LogP) is 1.01. The van der Waals surface area contributed by atoms with Crippen molar-refractivity contribution in [3.8, 4) is 0 Å². The topological polar surface area (TPSA) is 79.2 Å². The number of ether oxygens (including phenoxy) is 2. The van der Waals surface area contributed by atoms with Crippen LogP contribution in [-0.4, -0.2) is 59.6 Å². The minimum Gasteiger partial charge on any atom is -0.388 e. The van der Waals surface area contributed by atoms with E-state index in [1.165, 1.54) is 19.3 Å². The van der Waals surface area contributed by atoms with Gasteiger partial charge in [0.05, 0.1) is 19.8 Å². The van der Waals surface area contributed by atoms with Gasteiger partial charge in [0.1, 0.15) is 24.4 Å².